The summed E-state index contributed by atoms with van der Waals surface area (Å²) in [5.74, 6) is 0.367. The number of rotatable bonds is 3. The van der Waals surface area contributed by atoms with Gasteiger partial charge in [-0.1, -0.05) is 15.9 Å². The number of methoxy groups -OCH3 is 1. The van der Waals surface area contributed by atoms with Crippen LogP contribution >= 0.6 is 27.7 Å². The standard InChI is InChI=1S/C12H13BrN2O3S/c1-18-12(17)7-4-8(13)6-9(5-7)15-10(16)11-14-2-3-19-11/h4-6,11,14H,2-3H2,1H3,(H,15,16). The highest BCUT2D eigenvalue weighted by atomic mass is 79.9. The number of anilines is 1. The first-order valence-corrected chi connectivity index (χ1v) is 7.49. The molecule has 1 aromatic carbocycles. The van der Waals surface area contributed by atoms with Crippen molar-refractivity contribution < 1.29 is 14.3 Å². The maximum Gasteiger partial charge on any atom is 0.337 e. The molecule has 1 atom stereocenters. The molecule has 0 spiro atoms. The van der Waals surface area contributed by atoms with Gasteiger partial charge in [0.2, 0.25) is 0 Å². The van der Waals surface area contributed by atoms with Crippen LogP contribution < -0.4 is 10.6 Å². The Morgan fingerprint density at radius 2 is 2.26 bits per heavy atom. The summed E-state index contributed by atoms with van der Waals surface area (Å²) >= 11 is 4.87. The zero-order chi connectivity index (χ0) is 13.8. The third kappa shape index (κ3) is 3.71. The molecule has 5 nitrogen and oxygen atoms in total. The zero-order valence-corrected chi connectivity index (χ0v) is 12.6. The normalized spacial score (nSPS) is 18.1. The Balaban J connectivity index is 2.13. The molecule has 2 N–H and O–H groups in total. The molecule has 7 heteroatoms. The molecular weight excluding hydrogens is 332 g/mol. The van der Waals surface area contributed by atoms with Gasteiger partial charge in [0.15, 0.2) is 0 Å². The number of carbonyl (C=O) groups excluding carboxylic acids is 2. The third-order valence-electron chi connectivity index (χ3n) is 2.54. The number of carbonyl (C=O) groups is 2. The molecule has 1 fully saturated rings. The second-order valence-electron chi connectivity index (χ2n) is 3.91. The molecule has 0 bridgehead atoms. The first-order chi connectivity index (χ1) is 9.10. The van der Waals surface area contributed by atoms with Crippen LogP contribution in [0.5, 0.6) is 0 Å². The number of amides is 1. The predicted molar refractivity (Wildman–Crippen MR) is 78.4 cm³/mol. The number of hydrogen-bond donors (Lipinski definition) is 2. The number of nitrogens with one attached hydrogen (secondary N) is 2. The van der Waals surface area contributed by atoms with Gasteiger partial charge in [-0.05, 0) is 18.2 Å². The molecule has 102 valence electrons. The van der Waals surface area contributed by atoms with E-state index in [2.05, 4.69) is 31.3 Å². The summed E-state index contributed by atoms with van der Waals surface area (Å²) in [4.78, 5) is 23.4. The Morgan fingerprint density at radius 3 is 2.89 bits per heavy atom. The van der Waals surface area contributed by atoms with E-state index in [-0.39, 0.29) is 11.3 Å². The molecule has 0 saturated carbocycles. The third-order valence-corrected chi connectivity index (χ3v) is 4.15. The molecular formula is C12H13BrN2O3S. The van der Waals surface area contributed by atoms with Gasteiger partial charge in [0.05, 0.1) is 12.7 Å². The Bertz CT molecular complexity index is 504. The predicted octanol–water partition coefficient (Wildman–Crippen LogP) is 1.84. The van der Waals surface area contributed by atoms with Crippen LogP contribution in [0.2, 0.25) is 0 Å². The first kappa shape index (κ1) is 14.4. The lowest BCUT2D eigenvalue weighted by Gasteiger charge is -2.11. The fraction of sp³-hybridized carbons (Fsp3) is 0.333. The summed E-state index contributed by atoms with van der Waals surface area (Å²) in [6, 6.07) is 4.97. The first-order valence-electron chi connectivity index (χ1n) is 5.65. The van der Waals surface area contributed by atoms with E-state index >= 15 is 0 Å². The van der Waals surface area contributed by atoms with Crippen molar-refractivity contribution in [2.75, 3.05) is 24.7 Å². The van der Waals surface area contributed by atoms with Crippen molar-refractivity contribution in [3.05, 3.63) is 28.2 Å². The number of halogens is 1. The summed E-state index contributed by atoms with van der Waals surface area (Å²) in [6.45, 7) is 0.828. The fourth-order valence-corrected chi connectivity index (χ4v) is 3.11. The molecule has 1 amide bonds. The maximum atomic E-state index is 12.0. The quantitative estimate of drug-likeness (QED) is 0.819. The summed E-state index contributed by atoms with van der Waals surface area (Å²) in [6.07, 6.45) is 0. The summed E-state index contributed by atoms with van der Waals surface area (Å²) in [5, 5.41) is 5.64. The van der Waals surface area contributed by atoms with E-state index in [1.165, 1.54) is 7.11 Å². The Kier molecular flexibility index (Phi) is 4.84. The van der Waals surface area contributed by atoms with Gasteiger partial charge in [-0.3, -0.25) is 10.1 Å². The van der Waals surface area contributed by atoms with Crippen molar-refractivity contribution in [1.82, 2.24) is 5.32 Å². The highest BCUT2D eigenvalue weighted by Crippen LogP contribution is 2.22. The van der Waals surface area contributed by atoms with Gasteiger partial charge in [0.1, 0.15) is 5.37 Å². The van der Waals surface area contributed by atoms with Crippen molar-refractivity contribution in [3.8, 4) is 0 Å². The number of benzene rings is 1. The van der Waals surface area contributed by atoms with Gasteiger partial charge < -0.3 is 10.1 Å². The Hall–Kier alpha value is -1.05. The van der Waals surface area contributed by atoms with Crippen molar-refractivity contribution in [2.24, 2.45) is 0 Å². The molecule has 2 rings (SSSR count). The fourth-order valence-electron chi connectivity index (χ4n) is 1.70. The van der Waals surface area contributed by atoms with Crippen molar-refractivity contribution >= 4 is 45.3 Å². The molecule has 19 heavy (non-hydrogen) atoms. The van der Waals surface area contributed by atoms with E-state index in [1.807, 2.05) is 0 Å². The van der Waals surface area contributed by atoms with Crippen LogP contribution in [0.15, 0.2) is 22.7 Å². The van der Waals surface area contributed by atoms with Gasteiger partial charge in [-0.2, -0.15) is 0 Å². The molecule has 0 radical (unpaired) electrons. The van der Waals surface area contributed by atoms with Crippen LogP contribution in [0.1, 0.15) is 10.4 Å². The zero-order valence-electron chi connectivity index (χ0n) is 10.2. The van der Waals surface area contributed by atoms with Crippen LogP contribution in [-0.4, -0.2) is 36.7 Å². The lowest BCUT2D eigenvalue weighted by Crippen LogP contribution is -2.33. The Morgan fingerprint density at radius 1 is 1.47 bits per heavy atom. The van der Waals surface area contributed by atoms with Gasteiger partial charge in [-0.25, -0.2) is 4.79 Å². The van der Waals surface area contributed by atoms with Crippen LogP contribution in [0, 0.1) is 0 Å². The largest absolute Gasteiger partial charge is 0.465 e. The smallest absolute Gasteiger partial charge is 0.337 e. The average molecular weight is 345 g/mol. The molecule has 1 aliphatic heterocycles. The monoisotopic (exact) mass is 344 g/mol. The number of ether oxygens (including phenoxy) is 1. The highest BCUT2D eigenvalue weighted by Gasteiger charge is 2.23. The minimum atomic E-state index is -0.440. The van der Waals surface area contributed by atoms with E-state index < -0.39 is 5.97 Å². The van der Waals surface area contributed by atoms with Gasteiger partial charge >= 0.3 is 5.97 Å². The minimum absolute atomic E-state index is 0.114. The molecule has 1 heterocycles. The van der Waals surface area contributed by atoms with Gasteiger partial charge in [0.25, 0.3) is 5.91 Å². The van der Waals surface area contributed by atoms with Crippen LogP contribution in [-0.2, 0) is 9.53 Å². The van der Waals surface area contributed by atoms with Gasteiger partial charge in [-0.15, -0.1) is 11.8 Å². The lowest BCUT2D eigenvalue weighted by atomic mass is 10.2. The summed E-state index contributed by atoms with van der Waals surface area (Å²) in [7, 11) is 1.32. The van der Waals surface area contributed by atoms with Crippen molar-refractivity contribution in [1.29, 1.82) is 0 Å². The lowest BCUT2D eigenvalue weighted by molar-refractivity contribution is -0.116. The van der Waals surface area contributed by atoms with Crippen LogP contribution in [0.25, 0.3) is 0 Å². The minimum Gasteiger partial charge on any atom is -0.465 e. The molecule has 0 aliphatic carbocycles. The van der Waals surface area contributed by atoms with Gasteiger partial charge in [0, 0.05) is 22.5 Å². The van der Waals surface area contributed by atoms with E-state index in [4.69, 9.17) is 0 Å². The van der Waals surface area contributed by atoms with Crippen LogP contribution in [0.3, 0.4) is 0 Å². The second kappa shape index (κ2) is 6.40. The van der Waals surface area contributed by atoms with E-state index in [0.717, 1.165) is 12.3 Å². The molecule has 1 aliphatic rings. The van der Waals surface area contributed by atoms with Crippen molar-refractivity contribution in [3.63, 3.8) is 0 Å². The molecule has 1 unspecified atom stereocenters. The maximum absolute atomic E-state index is 12.0. The summed E-state index contributed by atoms with van der Waals surface area (Å²) in [5.41, 5.74) is 0.952. The van der Waals surface area contributed by atoms with E-state index in [0.29, 0.717) is 15.7 Å². The SMILES string of the molecule is COC(=O)c1cc(Br)cc(NC(=O)C2NCCS2)c1. The Labute approximate surface area is 123 Å². The number of thioether (sulfide) groups is 1. The second-order valence-corrected chi connectivity index (χ2v) is 6.04. The molecule has 1 saturated heterocycles. The average Bonchev–Trinajstić information content (AvgIpc) is 2.91. The number of esters is 1. The van der Waals surface area contributed by atoms with Crippen LogP contribution in [0.4, 0.5) is 5.69 Å². The molecule has 1 aromatic rings. The van der Waals surface area contributed by atoms with Crippen molar-refractivity contribution in [2.45, 2.75) is 5.37 Å². The molecule has 0 aromatic heterocycles. The van der Waals surface area contributed by atoms with E-state index in [9.17, 15) is 9.59 Å². The topological polar surface area (TPSA) is 67.4 Å². The van der Waals surface area contributed by atoms with E-state index in [1.54, 1.807) is 30.0 Å². The summed E-state index contributed by atoms with van der Waals surface area (Å²) < 4.78 is 5.37. The number of hydrogen-bond acceptors (Lipinski definition) is 5. The highest BCUT2D eigenvalue weighted by molar-refractivity contribution is 9.10.